The zero-order valence-corrected chi connectivity index (χ0v) is 10.9. The molecular formula is C14H19NO3. The van der Waals surface area contributed by atoms with Crippen LogP contribution in [0.2, 0.25) is 0 Å². The number of nitrogens with one attached hydrogen (secondary N) is 1. The maximum Gasteiger partial charge on any atom is 0.330 e. The molecule has 0 amide bonds. The van der Waals surface area contributed by atoms with Crippen molar-refractivity contribution < 1.29 is 14.6 Å². The predicted molar refractivity (Wildman–Crippen MR) is 70.8 cm³/mol. The summed E-state index contributed by atoms with van der Waals surface area (Å²) in [6.45, 7) is 4.15. The molecule has 0 heterocycles. The lowest BCUT2D eigenvalue weighted by Crippen LogP contribution is -2.19. The molecule has 0 aliphatic rings. The van der Waals surface area contributed by atoms with Crippen molar-refractivity contribution in [1.82, 2.24) is 5.32 Å². The number of benzene rings is 1. The molecule has 0 aromatic heterocycles. The molecule has 1 unspecified atom stereocenters. The van der Waals surface area contributed by atoms with Crippen molar-refractivity contribution >= 4 is 5.97 Å². The molecule has 0 aliphatic heterocycles. The second kappa shape index (κ2) is 6.81. The van der Waals surface area contributed by atoms with Crippen LogP contribution in [0.4, 0.5) is 0 Å². The van der Waals surface area contributed by atoms with Gasteiger partial charge in [0.1, 0.15) is 5.75 Å². The molecule has 98 valence electrons. The highest BCUT2D eigenvalue weighted by Crippen LogP contribution is 2.16. The van der Waals surface area contributed by atoms with Gasteiger partial charge in [-0.25, -0.2) is 4.79 Å². The van der Waals surface area contributed by atoms with Crippen molar-refractivity contribution in [3.8, 4) is 5.75 Å². The van der Waals surface area contributed by atoms with Crippen molar-refractivity contribution in [1.29, 1.82) is 0 Å². The number of carboxylic acids is 1. The first-order chi connectivity index (χ1) is 8.54. The van der Waals surface area contributed by atoms with E-state index in [1.54, 1.807) is 20.1 Å². The molecule has 1 rings (SSSR count). The van der Waals surface area contributed by atoms with E-state index in [2.05, 4.69) is 5.32 Å². The Kier molecular flexibility index (Phi) is 5.39. The number of hydrogen-bond acceptors (Lipinski definition) is 3. The predicted octanol–water partition coefficient (Wildman–Crippen LogP) is 2.38. The largest absolute Gasteiger partial charge is 0.497 e. The molecule has 0 saturated carbocycles. The fraction of sp³-hybridized carbons (Fsp3) is 0.357. The molecule has 4 heteroatoms. The SMILES string of the molecule is COc1ccc(C(C)NC/C=C(/C)C(=O)O)cc1. The van der Waals surface area contributed by atoms with E-state index in [1.807, 2.05) is 31.2 Å². The van der Waals surface area contributed by atoms with Gasteiger partial charge in [0.2, 0.25) is 0 Å². The third-order valence-electron chi connectivity index (χ3n) is 2.79. The normalized spacial score (nSPS) is 13.2. The van der Waals surface area contributed by atoms with Crippen molar-refractivity contribution in [2.24, 2.45) is 0 Å². The zero-order valence-electron chi connectivity index (χ0n) is 10.9. The Morgan fingerprint density at radius 2 is 2.06 bits per heavy atom. The second-order valence-electron chi connectivity index (χ2n) is 4.10. The summed E-state index contributed by atoms with van der Waals surface area (Å²) in [6.07, 6.45) is 1.67. The lowest BCUT2D eigenvalue weighted by Gasteiger charge is -2.13. The molecule has 0 bridgehead atoms. The van der Waals surface area contributed by atoms with Crippen LogP contribution >= 0.6 is 0 Å². The van der Waals surface area contributed by atoms with Gasteiger partial charge in [-0.15, -0.1) is 0 Å². The summed E-state index contributed by atoms with van der Waals surface area (Å²) in [5.41, 5.74) is 1.49. The molecule has 1 aromatic carbocycles. The van der Waals surface area contributed by atoms with Crippen LogP contribution in [0, 0.1) is 0 Å². The van der Waals surface area contributed by atoms with E-state index in [0.717, 1.165) is 11.3 Å². The van der Waals surface area contributed by atoms with Crippen LogP contribution in [0.15, 0.2) is 35.9 Å². The number of aliphatic carboxylic acids is 1. The standard InChI is InChI=1S/C14H19NO3/c1-10(14(16)17)8-9-15-11(2)12-4-6-13(18-3)7-5-12/h4-8,11,15H,9H2,1-3H3,(H,16,17)/b10-8-. The number of ether oxygens (including phenoxy) is 1. The van der Waals surface area contributed by atoms with Gasteiger partial charge in [0.25, 0.3) is 0 Å². The quantitative estimate of drug-likeness (QED) is 0.760. The van der Waals surface area contributed by atoms with Gasteiger partial charge in [-0.3, -0.25) is 0 Å². The number of hydrogen-bond donors (Lipinski definition) is 2. The molecule has 2 N–H and O–H groups in total. The molecule has 0 saturated heterocycles. The van der Waals surface area contributed by atoms with Crippen LogP contribution in [0.25, 0.3) is 0 Å². The Morgan fingerprint density at radius 1 is 1.44 bits per heavy atom. The fourth-order valence-corrected chi connectivity index (χ4v) is 1.49. The third-order valence-corrected chi connectivity index (χ3v) is 2.79. The fourth-order valence-electron chi connectivity index (χ4n) is 1.49. The molecule has 0 radical (unpaired) electrons. The Balaban J connectivity index is 2.52. The smallest absolute Gasteiger partial charge is 0.330 e. The Morgan fingerprint density at radius 3 is 2.56 bits per heavy atom. The van der Waals surface area contributed by atoms with E-state index >= 15 is 0 Å². The van der Waals surface area contributed by atoms with E-state index < -0.39 is 5.97 Å². The van der Waals surface area contributed by atoms with Crippen LogP contribution in [0.1, 0.15) is 25.5 Å². The van der Waals surface area contributed by atoms with Gasteiger partial charge in [-0.1, -0.05) is 18.2 Å². The van der Waals surface area contributed by atoms with Crippen molar-refractivity contribution in [2.75, 3.05) is 13.7 Å². The van der Waals surface area contributed by atoms with Crippen molar-refractivity contribution in [2.45, 2.75) is 19.9 Å². The van der Waals surface area contributed by atoms with Gasteiger partial charge >= 0.3 is 5.97 Å². The highest BCUT2D eigenvalue weighted by Gasteiger charge is 2.04. The summed E-state index contributed by atoms with van der Waals surface area (Å²) in [5, 5.41) is 12.0. The Bertz CT molecular complexity index is 423. The minimum Gasteiger partial charge on any atom is -0.497 e. The molecule has 18 heavy (non-hydrogen) atoms. The molecule has 0 spiro atoms. The lowest BCUT2D eigenvalue weighted by atomic mass is 10.1. The molecule has 1 atom stereocenters. The van der Waals surface area contributed by atoms with E-state index in [-0.39, 0.29) is 6.04 Å². The van der Waals surface area contributed by atoms with Crippen LogP contribution < -0.4 is 10.1 Å². The van der Waals surface area contributed by atoms with Gasteiger partial charge in [0.15, 0.2) is 0 Å². The minimum atomic E-state index is -0.881. The van der Waals surface area contributed by atoms with E-state index in [9.17, 15) is 4.79 Å². The van der Waals surface area contributed by atoms with Crippen molar-refractivity contribution in [3.05, 3.63) is 41.5 Å². The first kappa shape index (κ1) is 14.3. The number of carboxylic acid groups (broad SMARTS) is 1. The number of methoxy groups -OCH3 is 1. The molecule has 4 nitrogen and oxygen atoms in total. The maximum atomic E-state index is 10.6. The van der Waals surface area contributed by atoms with Gasteiger partial charge in [-0.05, 0) is 31.5 Å². The maximum absolute atomic E-state index is 10.6. The summed E-state index contributed by atoms with van der Waals surface area (Å²) in [4.78, 5) is 10.6. The molecule has 0 aliphatic carbocycles. The van der Waals surface area contributed by atoms with E-state index in [1.165, 1.54) is 0 Å². The minimum absolute atomic E-state index is 0.161. The monoisotopic (exact) mass is 249 g/mol. The van der Waals surface area contributed by atoms with Crippen LogP contribution in [-0.2, 0) is 4.79 Å². The van der Waals surface area contributed by atoms with Gasteiger partial charge in [0, 0.05) is 18.2 Å². The highest BCUT2D eigenvalue weighted by molar-refractivity contribution is 5.85. The number of carbonyl (C=O) groups is 1. The van der Waals surface area contributed by atoms with Crippen molar-refractivity contribution in [3.63, 3.8) is 0 Å². The molecular weight excluding hydrogens is 230 g/mol. The molecule has 0 fully saturated rings. The Labute approximate surface area is 107 Å². The molecule has 1 aromatic rings. The summed E-state index contributed by atoms with van der Waals surface area (Å²) >= 11 is 0. The average Bonchev–Trinajstić information content (AvgIpc) is 2.38. The second-order valence-corrected chi connectivity index (χ2v) is 4.10. The first-order valence-corrected chi connectivity index (χ1v) is 5.82. The van der Waals surface area contributed by atoms with E-state index in [0.29, 0.717) is 12.1 Å². The Hall–Kier alpha value is -1.81. The summed E-state index contributed by atoms with van der Waals surface area (Å²) in [7, 11) is 1.64. The lowest BCUT2D eigenvalue weighted by molar-refractivity contribution is -0.132. The van der Waals surface area contributed by atoms with E-state index in [4.69, 9.17) is 9.84 Å². The summed E-state index contributed by atoms with van der Waals surface area (Å²) in [5.74, 6) is -0.0542. The number of rotatable bonds is 6. The van der Waals surface area contributed by atoms with Crippen LogP contribution in [-0.4, -0.2) is 24.7 Å². The highest BCUT2D eigenvalue weighted by atomic mass is 16.5. The van der Waals surface area contributed by atoms with Crippen LogP contribution in [0.3, 0.4) is 0 Å². The van der Waals surface area contributed by atoms with Crippen LogP contribution in [0.5, 0.6) is 5.75 Å². The topological polar surface area (TPSA) is 58.6 Å². The summed E-state index contributed by atoms with van der Waals surface area (Å²) < 4.78 is 5.09. The summed E-state index contributed by atoms with van der Waals surface area (Å²) in [6, 6.07) is 7.96. The van der Waals surface area contributed by atoms with Gasteiger partial charge in [-0.2, -0.15) is 0 Å². The van der Waals surface area contributed by atoms with Gasteiger partial charge < -0.3 is 15.2 Å². The first-order valence-electron chi connectivity index (χ1n) is 5.82. The van der Waals surface area contributed by atoms with Gasteiger partial charge in [0.05, 0.1) is 7.11 Å². The zero-order chi connectivity index (χ0) is 13.5. The average molecular weight is 249 g/mol. The third kappa shape index (κ3) is 4.22.